The van der Waals surface area contributed by atoms with Gasteiger partial charge in [-0.25, -0.2) is 4.39 Å². The summed E-state index contributed by atoms with van der Waals surface area (Å²) >= 11 is 11.1. The molecule has 0 unspecified atom stereocenters. The smallest absolute Gasteiger partial charge is 0.274 e. The largest absolute Gasteiger partial charge is 0.378 e. The summed E-state index contributed by atoms with van der Waals surface area (Å²) in [6.07, 6.45) is 1.56. The Morgan fingerprint density at radius 2 is 2.11 bits per heavy atom. The average molecular weight is 412 g/mol. The number of carbonyl (C=O) groups excluding carboxylic acids is 1. The molecule has 1 aromatic heterocycles. The highest BCUT2D eigenvalue weighted by Gasteiger charge is 2.25. The molecule has 1 amide bonds. The number of rotatable bonds is 4. The van der Waals surface area contributed by atoms with Gasteiger partial charge in [-0.2, -0.15) is 5.10 Å². The lowest BCUT2D eigenvalue weighted by Crippen LogP contribution is -2.41. The molecule has 10 heteroatoms. The average Bonchev–Trinajstić information content (AvgIpc) is 3.07. The maximum Gasteiger partial charge on any atom is 0.274 e. The van der Waals surface area contributed by atoms with Crippen molar-refractivity contribution in [3.8, 4) is 0 Å². The van der Waals surface area contributed by atoms with Crippen molar-refractivity contribution in [1.29, 1.82) is 0 Å². The van der Waals surface area contributed by atoms with E-state index in [4.69, 9.17) is 28.6 Å². The second-order valence-corrected chi connectivity index (χ2v) is 6.65. The molecular formula is C17H19ClFN5O2S. The Hall–Kier alpha value is -2.23. The Kier molecular flexibility index (Phi) is 6.25. The predicted octanol–water partition coefficient (Wildman–Crippen LogP) is 2.98. The first-order valence-corrected chi connectivity index (χ1v) is 9.24. The summed E-state index contributed by atoms with van der Waals surface area (Å²) in [5.74, 6) is -0.642. The van der Waals surface area contributed by atoms with Gasteiger partial charge in [0.2, 0.25) is 0 Å². The van der Waals surface area contributed by atoms with Gasteiger partial charge in [0.25, 0.3) is 5.91 Å². The van der Waals surface area contributed by atoms with Crippen molar-refractivity contribution < 1.29 is 13.9 Å². The van der Waals surface area contributed by atoms with Crippen LogP contribution in [0.25, 0.3) is 0 Å². The summed E-state index contributed by atoms with van der Waals surface area (Å²) in [4.78, 5) is 14.7. The van der Waals surface area contributed by atoms with Crippen molar-refractivity contribution in [3.63, 3.8) is 0 Å². The molecular weight excluding hydrogens is 393 g/mol. The maximum atomic E-state index is 13.3. The van der Waals surface area contributed by atoms with Crippen LogP contribution in [0.3, 0.4) is 0 Å². The van der Waals surface area contributed by atoms with Crippen molar-refractivity contribution in [1.82, 2.24) is 14.7 Å². The molecule has 0 radical (unpaired) electrons. The van der Waals surface area contributed by atoms with Gasteiger partial charge in [0.1, 0.15) is 11.5 Å². The van der Waals surface area contributed by atoms with Gasteiger partial charge in [-0.15, -0.1) is 0 Å². The molecule has 1 aromatic carbocycles. The van der Waals surface area contributed by atoms with E-state index in [1.54, 1.807) is 15.8 Å². The molecule has 0 saturated carbocycles. The van der Waals surface area contributed by atoms with Gasteiger partial charge in [0.15, 0.2) is 5.11 Å². The fourth-order valence-corrected chi connectivity index (χ4v) is 3.13. The quantitative estimate of drug-likeness (QED) is 0.754. The molecule has 1 aliphatic rings. The minimum atomic E-state index is -0.510. The van der Waals surface area contributed by atoms with E-state index in [-0.39, 0.29) is 16.0 Å². The fraction of sp³-hybridized carbons (Fsp3) is 0.353. The number of carbonyl (C=O) groups is 1. The Morgan fingerprint density at radius 3 is 2.78 bits per heavy atom. The lowest BCUT2D eigenvalue weighted by molar-refractivity contribution is 0.0295. The molecule has 144 valence electrons. The molecule has 2 heterocycles. The van der Waals surface area contributed by atoms with Crippen molar-refractivity contribution >= 4 is 46.2 Å². The third-order valence-corrected chi connectivity index (χ3v) is 4.56. The first-order valence-electron chi connectivity index (χ1n) is 8.45. The molecule has 2 aromatic rings. The highest BCUT2D eigenvalue weighted by Crippen LogP contribution is 2.21. The molecule has 2 N–H and O–H groups in total. The molecule has 7 nitrogen and oxygen atoms in total. The zero-order valence-corrected chi connectivity index (χ0v) is 16.2. The number of halogens is 2. The Labute approximate surface area is 166 Å². The number of nitrogens with zero attached hydrogens (tertiary/aromatic N) is 3. The minimum Gasteiger partial charge on any atom is -0.378 e. The Bertz CT molecular complexity index is 854. The van der Waals surface area contributed by atoms with Gasteiger partial charge in [-0.3, -0.25) is 9.48 Å². The summed E-state index contributed by atoms with van der Waals surface area (Å²) in [6, 6.07) is 4.19. The number of amides is 1. The Morgan fingerprint density at radius 1 is 1.37 bits per heavy atom. The molecule has 0 spiro atoms. The number of morpholine rings is 1. The third kappa shape index (κ3) is 4.55. The van der Waals surface area contributed by atoms with E-state index < -0.39 is 5.82 Å². The van der Waals surface area contributed by atoms with Gasteiger partial charge in [-0.1, -0.05) is 11.6 Å². The number of aromatic nitrogens is 2. The van der Waals surface area contributed by atoms with Crippen molar-refractivity contribution in [3.05, 3.63) is 40.9 Å². The fourth-order valence-electron chi connectivity index (χ4n) is 2.72. The number of ether oxygens (including phenoxy) is 1. The lowest BCUT2D eigenvalue weighted by atomic mass is 10.3. The lowest BCUT2D eigenvalue weighted by Gasteiger charge is -2.27. The van der Waals surface area contributed by atoms with Gasteiger partial charge in [-0.05, 0) is 37.3 Å². The highest BCUT2D eigenvalue weighted by molar-refractivity contribution is 7.80. The van der Waals surface area contributed by atoms with Crippen LogP contribution < -0.4 is 10.6 Å². The number of nitrogens with one attached hydrogen (secondary N) is 2. The highest BCUT2D eigenvalue weighted by atomic mass is 35.5. The molecule has 27 heavy (non-hydrogen) atoms. The number of hydrogen-bond donors (Lipinski definition) is 2. The minimum absolute atomic E-state index is 0.00946. The number of benzene rings is 1. The monoisotopic (exact) mass is 411 g/mol. The van der Waals surface area contributed by atoms with E-state index in [9.17, 15) is 9.18 Å². The normalized spacial score (nSPS) is 14.1. The van der Waals surface area contributed by atoms with Gasteiger partial charge < -0.3 is 20.3 Å². The first-order chi connectivity index (χ1) is 13.0. The Balaban J connectivity index is 1.76. The second-order valence-electron chi connectivity index (χ2n) is 5.84. The van der Waals surface area contributed by atoms with Crippen LogP contribution in [0.15, 0.2) is 24.4 Å². The standard InChI is InChI=1S/C17H19ClFN5O2S/c1-2-24-15(16(25)23-5-7-26-8-6-23)14(10-20-24)22-17(27)21-11-3-4-13(19)12(18)9-11/h3-4,9-10H,2,5-8H2,1H3,(H2,21,22,27). The molecule has 0 atom stereocenters. The summed E-state index contributed by atoms with van der Waals surface area (Å²) < 4.78 is 20.2. The SMILES string of the molecule is CCn1ncc(NC(=S)Nc2ccc(F)c(Cl)c2)c1C(=O)N1CCOCC1. The zero-order valence-electron chi connectivity index (χ0n) is 14.7. The summed E-state index contributed by atoms with van der Waals surface area (Å²) in [7, 11) is 0. The predicted molar refractivity (Wildman–Crippen MR) is 106 cm³/mol. The molecule has 1 aliphatic heterocycles. The van der Waals surface area contributed by atoms with E-state index in [2.05, 4.69) is 15.7 Å². The van der Waals surface area contributed by atoms with Gasteiger partial charge in [0.05, 0.1) is 30.1 Å². The third-order valence-electron chi connectivity index (χ3n) is 4.07. The zero-order chi connectivity index (χ0) is 19.4. The summed E-state index contributed by atoms with van der Waals surface area (Å²) in [5, 5.41) is 10.4. The van der Waals surface area contributed by atoms with Crippen LogP contribution in [0.4, 0.5) is 15.8 Å². The van der Waals surface area contributed by atoms with Crippen molar-refractivity contribution in [2.45, 2.75) is 13.5 Å². The molecule has 0 aliphatic carbocycles. The van der Waals surface area contributed by atoms with Crippen LogP contribution in [-0.2, 0) is 11.3 Å². The van der Waals surface area contributed by atoms with E-state index in [0.29, 0.717) is 49.9 Å². The summed E-state index contributed by atoms with van der Waals surface area (Å²) in [5.41, 5.74) is 1.46. The molecule has 3 rings (SSSR count). The molecule has 0 bridgehead atoms. The number of anilines is 2. The van der Waals surface area contributed by atoms with Crippen LogP contribution in [0, 0.1) is 5.82 Å². The van der Waals surface area contributed by atoms with Crippen LogP contribution in [-0.4, -0.2) is 52.0 Å². The van der Waals surface area contributed by atoms with E-state index in [1.807, 2.05) is 6.92 Å². The first kappa shape index (κ1) is 19.5. The van der Waals surface area contributed by atoms with E-state index >= 15 is 0 Å². The second kappa shape index (κ2) is 8.64. The van der Waals surface area contributed by atoms with Gasteiger partial charge >= 0.3 is 0 Å². The molecule has 1 saturated heterocycles. The van der Waals surface area contributed by atoms with Crippen molar-refractivity contribution in [2.75, 3.05) is 36.9 Å². The van der Waals surface area contributed by atoms with Crippen LogP contribution in [0.5, 0.6) is 0 Å². The van der Waals surface area contributed by atoms with Crippen molar-refractivity contribution in [2.24, 2.45) is 0 Å². The van der Waals surface area contributed by atoms with E-state index in [1.165, 1.54) is 18.2 Å². The summed E-state index contributed by atoms with van der Waals surface area (Å²) in [6.45, 7) is 4.54. The number of aryl methyl sites for hydroxylation is 1. The maximum absolute atomic E-state index is 13.3. The molecule has 1 fully saturated rings. The van der Waals surface area contributed by atoms with Crippen LogP contribution >= 0.6 is 23.8 Å². The van der Waals surface area contributed by atoms with Crippen LogP contribution in [0.1, 0.15) is 17.4 Å². The van der Waals surface area contributed by atoms with E-state index in [0.717, 1.165) is 0 Å². The number of thiocarbonyl (C=S) groups is 1. The van der Waals surface area contributed by atoms with Crippen LogP contribution in [0.2, 0.25) is 5.02 Å². The van der Waals surface area contributed by atoms with Gasteiger partial charge in [0, 0.05) is 25.3 Å². The number of hydrogen-bond acceptors (Lipinski definition) is 4. The topological polar surface area (TPSA) is 71.4 Å².